The Morgan fingerprint density at radius 2 is 2.20 bits per heavy atom. The van der Waals surface area contributed by atoms with Crippen molar-refractivity contribution in [3.8, 4) is 5.75 Å². The van der Waals surface area contributed by atoms with Crippen molar-refractivity contribution >= 4 is 15.9 Å². The Bertz CT molecular complexity index is 337. The topological polar surface area (TPSA) is 55.5 Å². The van der Waals surface area contributed by atoms with Crippen LogP contribution in [-0.4, -0.2) is 25.4 Å². The molecule has 3 N–H and O–H groups in total. The third-order valence-electron chi connectivity index (χ3n) is 2.63. The molecule has 4 heteroatoms. The lowest BCUT2D eigenvalue weighted by Crippen LogP contribution is -2.35. The number of rotatable bonds is 4. The van der Waals surface area contributed by atoms with Crippen molar-refractivity contribution in [3.63, 3.8) is 0 Å². The second kappa shape index (κ2) is 4.96. The summed E-state index contributed by atoms with van der Waals surface area (Å²) in [5.41, 5.74) is 6.22. The maximum Gasteiger partial charge on any atom is 0.133 e. The lowest BCUT2D eigenvalue weighted by Gasteiger charge is -2.27. The number of hydrogen-bond donors (Lipinski definition) is 2. The quantitative estimate of drug-likeness (QED) is 0.878. The molecule has 1 rings (SSSR count). The number of aliphatic hydroxyl groups is 1. The monoisotopic (exact) mass is 273 g/mol. The fourth-order valence-electron chi connectivity index (χ4n) is 1.39. The van der Waals surface area contributed by atoms with Crippen LogP contribution in [0.1, 0.15) is 12.5 Å². The number of hydrogen-bond acceptors (Lipinski definition) is 3. The highest BCUT2D eigenvalue weighted by atomic mass is 79.9. The van der Waals surface area contributed by atoms with Crippen molar-refractivity contribution in [1.82, 2.24) is 0 Å². The first-order valence-electron chi connectivity index (χ1n) is 4.73. The van der Waals surface area contributed by atoms with Crippen LogP contribution >= 0.6 is 15.9 Å². The lowest BCUT2D eigenvalue weighted by atomic mass is 9.83. The van der Waals surface area contributed by atoms with E-state index in [1.807, 2.05) is 25.1 Å². The van der Waals surface area contributed by atoms with Crippen LogP contribution in [0, 0.1) is 0 Å². The van der Waals surface area contributed by atoms with Gasteiger partial charge in [-0.05, 0) is 27.6 Å². The van der Waals surface area contributed by atoms with Crippen molar-refractivity contribution in [2.75, 3.05) is 20.3 Å². The van der Waals surface area contributed by atoms with E-state index in [0.29, 0.717) is 6.54 Å². The van der Waals surface area contributed by atoms with Gasteiger partial charge in [-0.3, -0.25) is 0 Å². The number of methoxy groups -OCH3 is 1. The van der Waals surface area contributed by atoms with Crippen LogP contribution in [0.2, 0.25) is 0 Å². The summed E-state index contributed by atoms with van der Waals surface area (Å²) >= 11 is 3.47. The van der Waals surface area contributed by atoms with Gasteiger partial charge in [0.2, 0.25) is 0 Å². The van der Waals surface area contributed by atoms with Crippen LogP contribution in [0.3, 0.4) is 0 Å². The molecule has 84 valence electrons. The zero-order valence-electron chi connectivity index (χ0n) is 8.96. The average molecular weight is 274 g/mol. The van der Waals surface area contributed by atoms with Gasteiger partial charge in [-0.1, -0.05) is 19.1 Å². The molecule has 0 aromatic heterocycles. The molecular weight excluding hydrogens is 258 g/mol. The molecule has 3 nitrogen and oxygen atoms in total. The zero-order chi connectivity index (χ0) is 11.5. The van der Waals surface area contributed by atoms with Crippen LogP contribution < -0.4 is 10.5 Å². The van der Waals surface area contributed by atoms with Gasteiger partial charge in [0.15, 0.2) is 0 Å². The van der Waals surface area contributed by atoms with Crippen molar-refractivity contribution < 1.29 is 9.84 Å². The molecule has 0 aliphatic heterocycles. The second-order valence-electron chi connectivity index (χ2n) is 3.74. The van der Waals surface area contributed by atoms with Crippen LogP contribution in [0.4, 0.5) is 0 Å². The smallest absolute Gasteiger partial charge is 0.133 e. The SMILES string of the molecule is COc1cccc(C(C)(CN)CO)c1Br. The minimum Gasteiger partial charge on any atom is -0.496 e. The van der Waals surface area contributed by atoms with Gasteiger partial charge in [-0.2, -0.15) is 0 Å². The Balaban J connectivity index is 3.24. The third kappa shape index (κ3) is 2.33. The van der Waals surface area contributed by atoms with Crippen molar-refractivity contribution in [2.45, 2.75) is 12.3 Å². The summed E-state index contributed by atoms with van der Waals surface area (Å²) in [5.74, 6) is 0.751. The highest BCUT2D eigenvalue weighted by molar-refractivity contribution is 9.10. The van der Waals surface area contributed by atoms with Gasteiger partial charge in [0.25, 0.3) is 0 Å². The minimum absolute atomic E-state index is 0.00919. The van der Waals surface area contributed by atoms with E-state index in [2.05, 4.69) is 15.9 Å². The number of benzene rings is 1. The molecule has 1 aromatic rings. The first kappa shape index (κ1) is 12.5. The normalized spacial score (nSPS) is 14.7. The van der Waals surface area contributed by atoms with Crippen LogP contribution in [0.15, 0.2) is 22.7 Å². The van der Waals surface area contributed by atoms with E-state index in [9.17, 15) is 5.11 Å². The molecule has 0 aliphatic carbocycles. The second-order valence-corrected chi connectivity index (χ2v) is 4.54. The summed E-state index contributed by atoms with van der Waals surface area (Å²) in [4.78, 5) is 0. The van der Waals surface area contributed by atoms with Gasteiger partial charge in [0, 0.05) is 12.0 Å². The molecule has 0 amide bonds. The Morgan fingerprint density at radius 1 is 1.53 bits per heavy atom. The summed E-state index contributed by atoms with van der Waals surface area (Å²) in [6.45, 7) is 2.32. The molecular formula is C11H16BrNO2. The van der Waals surface area contributed by atoms with Gasteiger partial charge in [-0.15, -0.1) is 0 Å². The summed E-state index contributed by atoms with van der Waals surface area (Å²) < 4.78 is 6.06. The van der Waals surface area contributed by atoms with E-state index in [4.69, 9.17) is 10.5 Å². The average Bonchev–Trinajstić information content (AvgIpc) is 2.28. The van der Waals surface area contributed by atoms with Gasteiger partial charge in [0.05, 0.1) is 18.2 Å². The summed E-state index contributed by atoms with van der Waals surface area (Å²) in [5, 5.41) is 9.39. The van der Waals surface area contributed by atoms with Crippen molar-refractivity contribution in [3.05, 3.63) is 28.2 Å². The van der Waals surface area contributed by atoms with Crippen LogP contribution in [-0.2, 0) is 5.41 Å². The number of nitrogens with two attached hydrogens (primary N) is 1. The Morgan fingerprint density at radius 3 is 2.67 bits per heavy atom. The van der Waals surface area contributed by atoms with E-state index in [1.165, 1.54) is 0 Å². The van der Waals surface area contributed by atoms with E-state index in [0.717, 1.165) is 15.8 Å². The standard InChI is InChI=1S/C11H16BrNO2/c1-11(6-13,7-14)8-4-3-5-9(15-2)10(8)12/h3-5,14H,6-7,13H2,1-2H3. The first-order valence-corrected chi connectivity index (χ1v) is 5.52. The fraction of sp³-hybridized carbons (Fsp3) is 0.455. The summed E-state index contributed by atoms with van der Waals surface area (Å²) in [7, 11) is 1.61. The molecule has 0 aliphatic rings. The lowest BCUT2D eigenvalue weighted by molar-refractivity contribution is 0.209. The molecule has 0 bridgehead atoms. The van der Waals surface area contributed by atoms with Crippen molar-refractivity contribution in [1.29, 1.82) is 0 Å². The van der Waals surface area contributed by atoms with E-state index >= 15 is 0 Å². The van der Waals surface area contributed by atoms with Crippen LogP contribution in [0.5, 0.6) is 5.75 Å². The number of ether oxygens (including phenoxy) is 1. The van der Waals surface area contributed by atoms with E-state index in [1.54, 1.807) is 7.11 Å². The molecule has 1 atom stereocenters. The van der Waals surface area contributed by atoms with Gasteiger partial charge in [0.1, 0.15) is 5.75 Å². The fourth-order valence-corrected chi connectivity index (χ4v) is 2.30. The maximum absolute atomic E-state index is 9.39. The highest BCUT2D eigenvalue weighted by Gasteiger charge is 2.27. The number of halogens is 1. The zero-order valence-corrected chi connectivity index (χ0v) is 10.5. The Labute approximate surface area is 98.4 Å². The predicted octanol–water partition coefficient (Wildman–Crippen LogP) is 1.67. The van der Waals surface area contributed by atoms with Crippen molar-refractivity contribution in [2.24, 2.45) is 5.73 Å². The molecule has 15 heavy (non-hydrogen) atoms. The van der Waals surface area contributed by atoms with E-state index < -0.39 is 5.41 Å². The Hall–Kier alpha value is -0.580. The highest BCUT2D eigenvalue weighted by Crippen LogP contribution is 2.35. The van der Waals surface area contributed by atoms with E-state index in [-0.39, 0.29) is 6.61 Å². The Kier molecular flexibility index (Phi) is 4.13. The molecule has 0 saturated heterocycles. The molecule has 1 unspecified atom stereocenters. The maximum atomic E-state index is 9.39. The van der Waals surface area contributed by atoms with Crippen LogP contribution in [0.25, 0.3) is 0 Å². The number of aliphatic hydroxyl groups excluding tert-OH is 1. The largest absolute Gasteiger partial charge is 0.496 e. The summed E-state index contributed by atoms with van der Waals surface area (Å²) in [6.07, 6.45) is 0. The van der Waals surface area contributed by atoms with Gasteiger partial charge >= 0.3 is 0 Å². The summed E-state index contributed by atoms with van der Waals surface area (Å²) in [6, 6.07) is 5.69. The molecule has 1 aromatic carbocycles. The van der Waals surface area contributed by atoms with Gasteiger partial charge < -0.3 is 15.6 Å². The predicted molar refractivity (Wildman–Crippen MR) is 64.2 cm³/mol. The molecule has 0 heterocycles. The van der Waals surface area contributed by atoms with Gasteiger partial charge in [-0.25, -0.2) is 0 Å². The molecule has 0 fully saturated rings. The molecule has 0 radical (unpaired) electrons. The molecule has 0 saturated carbocycles. The first-order chi connectivity index (χ1) is 7.09. The minimum atomic E-state index is -0.437. The third-order valence-corrected chi connectivity index (χ3v) is 3.45. The molecule has 0 spiro atoms.